The zero-order chi connectivity index (χ0) is 14.7. The number of amides is 1. The van der Waals surface area contributed by atoms with Crippen molar-refractivity contribution in [2.45, 2.75) is 13.8 Å². The number of benzene rings is 1. The lowest BCUT2D eigenvalue weighted by molar-refractivity contribution is -0.379. The van der Waals surface area contributed by atoms with Crippen LogP contribution < -0.4 is 20.8 Å². The van der Waals surface area contributed by atoms with Gasteiger partial charge < -0.3 is 10.5 Å². The molecule has 2 aromatic rings. The van der Waals surface area contributed by atoms with Crippen molar-refractivity contribution in [2.75, 3.05) is 7.11 Å². The highest BCUT2D eigenvalue weighted by Gasteiger charge is 2.15. The van der Waals surface area contributed by atoms with Crippen molar-refractivity contribution in [3.05, 3.63) is 23.8 Å². The smallest absolute Gasteiger partial charge is 0.437 e. The van der Waals surface area contributed by atoms with E-state index in [1.807, 2.05) is 25.1 Å². The first kappa shape index (κ1) is 13.7. The number of nitrogens with two attached hydrogens (primary N) is 1. The number of ether oxygens (including phenoxy) is 1. The maximum atomic E-state index is 10.9. The predicted octanol–water partition coefficient (Wildman–Crippen LogP) is 0.448. The third-order valence-electron chi connectivity index (χ3n) is 2.58. The van der Waals surface area contributed by atoms with Crippen LogP contribution in [0.4, 0.5) is 5.95 Å². The fourth-order valence-corrected chi connectivity index (χ4v) is 1.78. The second kappa shape index (κ2) is 5.52. The number of aromatic nitrogens is 2. The monoisotopic (exact) mass is 274 g/mol. The Bertz CT molecular complexity index is 696. The number of guanidine groups is 1. The molecular weight excluding hydrogens is 258 g/mol. The summed E-state index contributed by atoms with van der Waals surface area (Å²) in [5, 5.41) is 3.23. The molecule has 0 unspecified atom stereocenters. The van der Waals surface area contributed by atoms with Gasteiger partial charge in [-0.3, -0.25) is 10.1 Å². The van der Waals surface area contributed by atoms with E-state index >= 15 is 0 Å². The van der Waals surface area contributed by atoms with E-state index in [2.05, 4.69) is 20.3 Å². The van der Waals surface area contributed by atoms with Crippen molar-refractivity contribution in [3.8, 4) is 5.88 Å². The fourth-order valence-electron chi connectivity index (χ4n) is 1.78. The minimum atomic E-state index is -0.297. The van der Waals surface area contributed by atoms with Crippen LogP contribution in [0, 0.1) is 6.92 Å². The first-order valence-electron chi connectivity index (χ1n) is 5.99. The SMILES string of the molecule is COc1[nH+]c(/N=C(\N)NC(C)=O)nc2ccc(C)cc12. The number of H-pyrrole nitrogens is 1. The standard InChI is InChI=1S/C13H15N5O2/c1-7-4-5-10-9(6-7)11(20-3)17-13(16-10)18-12(14)15-8(2)19/h4-6H,1-3H3,(H3,14,15,16,17,18,19)/p+1. The van der Waals surface area contributed by atoms with Gasteiger partial charge in [0.1, 0.15) is 0 Å². The van der Waals surface area contributed by atoms with Crippen LogP contribution in [-0.2, 0) is 4.79 Å². The molecular formula is C13H16N5O2+. The summed E-state index contributed by atoms with van der Waals surface area (Å²) >= 11 is 0. The summed E-state index contributed by atoms with van der Waals surface area (Å²) in [6.45, 7) is 3.34. The normalized spacial score (nSPS) is 11.4. The summed E-state index contributed by atoms with van der Waals surface area (Å²) < 4.78 is 5.29. The third kappa shape index (κ3) is 3.00. The van der Waals surface area contributed by atoms with Crippen LogP contribution in [0.3, 0.4) is 0 Å². The van der Waals surface area contributed by atoms with E-state index in [9.17, 15) is 4.79 Å². The van der Waals surface area contributed by atoms with Gasteiger partial charge in [-0.2, -0.15) is 0 Å². The molecule has 0 saturated carbocycles. The van der Waals surface area contributed by atoms with Gasteiger partial charge in [0.25, 0.3) is 11.8 Å². The van der Waals surface area contributed by atoms with E-state index in [1.165, 1.54) is 6.92 Å². The maximum Gasteiger partial charge on any atom is 0.437 e. The second-order valence-corrected chi connectivity index (χ2v) is 4.29. The molecule has 0 aliphatic carbocycles. The van der Waals surface area contributed by atoms with Crippen molar-refractivity contribution in [3.63, 3.8) is 0 Å². The van der Waals surface area contributed by atoms with Crippen LogP contribution >= 0.6 is 0 Å². The molecule has 0 fully saturated rings. The highest BCUT2D eigenvalue weighted by atomic mass is 16.5. The summed E-state index contributed by atoms with van der Waals surface area (Å²) in [5.74, 6) is 0.460. The highest BCUT2D eigenvalue weighted by Crippen LogP contribution is 2.22. The summed E-state index contributed by atoms with van der Waals surface area (Å²) in [6, 6.07) is 5.77. The molecule has 104 valence electrons. The van der Waals surface area contributed by atoms with Gasteiger partial charge in [-0.25, -0.2) is 4.98 Å². The molecule has 7 nitrogen and oxygen atoms in total. The number of methoxy groups -OCH3 is 1. The highest BCUT2D eigenvalue weighted by molar-refractivity contribution is 5.95. The summed E-state index contributed by atoms with van der Waals surface area (Å²) in [7, 11) is 1.55. The molecule has 2 rings (SSSR count). The van der Waals surface area contributed by atoms with E-state index in [4.69, 9.17) is 10.5 Å². The van der Waals surface area contributed by atoms with Gasteiger partial charge in [0, 0.05) is 6.92 Å². The number of nitrogens with zero attached hydrogens (tertiary/aromatic N) is 2. The Morgan fingerprint density at radius 2 is 2.25 bits per heavy atom. The number of fused-ring (bicyclic) bond motifs is 1. The van der Waals surface area contributed by atoms with Gasteiger partial charge in [0.05, 0.1) is 12.5 Å². The molecule has 0 bridgehead atoms. The molecule has 0 saturated heterocycles. The average Bonchev–Trinajstić information content (AvgIpc) is 2.37. The second-order valence-electron chi connectivity index (χ2n) is 4.29. The van der Waals surface area contributed by atoms with Crippen molar-refractivity contribution >= 4 is 28.7 Å². The van der Waals surface area contributed by atoms with Gasteiger partial charge >= 0.3 is 5.95 Å². The van der Waals surface area contributed by atoms with Crippen molar-refractivity contribution in [2.24, 2.45) is 10.7 Å². The maximum absolute atomic E-state index is 10.9. The average molecular weight is 274 g/mol. The Balaban J connectivity index is 2.51. The van der Waals surface area contributed by atoms with Gasteiger partial charge in [-0.15, -0.1) is 0 Å². The lowest BCUT2D eigenvalue weighted by Gasteiger charge is -2.02. The number of nitrogens with one attached hydrogen (secondary N) is 2. The molecule has 1 heterocycles. The van der Waals surface area contributed by atoms with Gasteiger partial charge in [0.2, 0.25) is 5.91 Å². The molecule has 0 atom stereocenters. The summed E-state index contributed by atoms with van der Waals surface area (Å²) in [6.07, 6.45) is 0. The van der Waals surface area contributed by atoms with Crippen molar-refractivity contribution < 1.29 is 14.5 Å². The fraction of sp³-hybridized carbons (Fsp3) is 0.231. The van der Waals surface area contributed by atoms with Crippen molar-refractivity contribution in [1.82, 2.24) is 10.3 Å². The van der Waals surface area contributed by atoms with Crippen LogP contribution in [-0.4, -0.2) is 24.0 Å². The Morgan fingerprint density at radius 1 is 1.50 bits per heavy atom. The Labute approximate surface area is 115 Å². The van der Waals surface area contributed by atoms with E-state index in [0.29, 0.717) is 5.88 Å². The molecule has 20 heavy (non-hydrogen) atoms. The summed E-state index contributed by atoms with van der Waals surface area (Å²) in [4.78, 5) is 22.1. The predicted molar refractivity (Wildman–Crippen MR) is 74.7 cm³/mol. The number of rotatable bonds is 2. The van der Waals surface area contributed by atoms with E-state index < -0.39 is 0 Å². The van der Waals surface area contributed by atoms with Crippen LogP contribution in [0.5, 0.6) is 5.88 Å². The number of carbonyl (C=O) groups is 1. The number of carbonyl (C=O) groups excluding carboxylic acids is 1. The quantitative estimate of drug-likeness (QED) is 0.612. The molecule has 0 spiro atoms. The molecule has 0 aliphatic heterocycles. The Hall–Kier alpha value is -2.70. The van der Waals surface area contributed by atoms with E-state index in [1.54, 1.807) is 7.11 Å². The number of aryl methyl sites for hydroxylation is 1. The Morgan fingerprint density at radius 3 is 2.90 bits per heavy atom. The zero-order valence-corrected chi connectivity index (χ0v) is 11.5. The lowest BCUT2D eigenvalue weighted by Crippen LogP contribution is -2.35. The van der Waals surface area contributed by atoms with Crippen molar-refractivity contribution in [1.29, 1.82) is 0 Å². The van der Waals surface area contributed by atoms with Crippen LogP contribution in [0.2, 0.25) is 0 Å². The van der Waals surface area contributed by atoms with Gasteiger partial charge in [-0.05, 0) is 24.0 Å². The number of hydrogen-bond donors (Lipinski definition) is 2. The first-order valence-corrected chi connectivity index (χ1v) is 5.99. The molecule has 0 aliphatic rings. The van der Waals surface area contributed by atoms with Gasteiger partial charge in [-0.1, -0.05) is 16.6 Å². The molecule has 1 aromatic carbocycles. The largest absolute Gasteiger partial charge is 0.471 e. The van der Waals surface area contributed by atoms with E-state index in [0.717, 1.165) is 16.5 Å². The Kier molecular flexibility index (Phi) is 3.79. The van der Waals surface area contributed by atoms with Crippen LogP contribution in [0.25, 0.3) is 10.9 Å². The van der Waals surface area contributed by atoms with E-state index in [-0.39, 0.29) is 17.8 Å². The van der Waals surface area contributed by atoms with Gasteiger partial charge in [0.15, 0.2) is 5.52 Å². The minimum absolute atomic E-state index is 0.0326. The lowest BCUT2D eigenvalue weighted by atomic mass is 10.2. The molecule has 7 heteroatoms. The molecule has 4 N–H and O–H groups in total. The topological polar surface area (TPSA) is 104 Å². The van der Waals surface area contributed by atoms with Crippen LogP contribution in [0.1, 0.15) is 12.5 Å². The minimum Gasteiger partial charge on any atom is -0.471 e. The number of aliphatic imine (C=N–C) groups is 1. The first-order chi connectivity index (χ1) is 9.49. The third-order valence-corrected chi connectivity index (χ3v) is 2.58. The molecule has 1 aromatic heterocycles. The van der Waals surface area contributed by atoms with Crippen LogP contribution in [0.15, 0.2) is 23.2 Å². The number of hydrogen-bond acceptors (Lipinski definition) is 4. The summed E-state index contributed by atoms with van der Waals surface area (Å²) in [5.41, 5.74) is 7.40. The molecule has 0 radical (unpaired) electrons. The number of aromatic amines is 1. The molecule has 1 amide bonds. The zero-order valence-electron chi connectivity index (χ0n) is 11.5.